The van der Waals surface area contributed by atoms with E-state index >= 15 is 0 Å². The van der Waals surface area contributed by atoms with Crippen molar-refractivity contribution in [1.29, 1.82) is 0 Å². The van der Waals surface area contributed by atoms with E-state index in [1.54, 1.807) is 16.7 Å². The largest absolute Gasteiger partial charge is 0.355 e. The average Bonchev–Trinajstić information content (AvgIpc) is 3.07. The van der Waals surface area contributed by atoms with E-state index in [1.807, 2.05) is 35.9 Å². The predicted molar refractivity (Wildman–Crippen MR) is 137 cm³/mol. The maximum atomic E-state index is 13.4. The summed E-state index contributed by atoms with van der Waals surface area (Å²) in [5.41, 5.74) is 2.16. The number of fused-ring (bicyclic) bond motifs is 1. The quantitative estimate of drug-likeness (QED) is 0.618. The third-order valence-corrected chi connectivity index (χ3v) is 7.08. The molecule has 6 nitrogen and oxygen atoms in total. The maximum absolute atomic E-state index is 13.4. The van der Waals surface area contributed by atoms with Gasteiger partial charge in [0.2, 0.25) is 11.8 Å². The van der Waals surface area contributed by atoms with Crippen LogP contribution in [0.1, 0.15) is 77.0 Å². The molecule has 1 atom stereocenters. The molecule has 0 unspecified atom stereocenters. The molecular formula is C25H35ClN4O2S. The van der Waals surface area contributed by atoms with Crippen LogP contribution in [-0.4, -0.2) is 40.4 Å². The minimum atomic E-state index is -0.397. The van der Waals surface area contributed by atoms with Crippen molar-refractivity contribution < 1.29 is 9.59 Å². The van der Waals surface area contributed by atoms with Gasteiger partial charge in [-0.2, -0.15) is 5.10 Å². The van der Waals surface area contributed by atoms with Crippen LogP contribution in [-0.2, 0) is 20.5 Å². The van der Waals surface area contributed by atoms with E-state index in [0.29, 0.717) is 17.4 Å². The fourth-order valence-corrected chi connectivity index (χ4v) is 5.48. The van der Waals surface area contributed by atoms with Crippen molar-refractivity contribution in [1.82, 2.24) is 15.1 Å². The molecule has 0 fully saturated rings. The van der Waals surface area contributed by atoms with Gasteiger partial charge >= 0.3 is 0 Å². The summed E-state index contributed by atoms with van der Waals surface area (Å²) in [6, 6.07) is 7.77. The normalized spacial score (nSPS) is 17.0. The van der Waals surface area contributed by atoms with Gasteiger partial charge in [0.05, 0.1) is 22.2 Å². The molecule has 2 aromatic rings. The summed E-state index contributed by atoms with van der Waals surface area (Å²) in [5.74, 6) is 0.669. The topological polar surface area (TPSA) is 67.2 Å². The van der Waals surface area contributed by atoms with Crippen molar-refractivity contribution in [3.8, 4) is 0 Å². The number of rotatable bonds is 5. The Hall–Kier alpha value is -1.99. The Labute approximate surface area is 206 Å². The lowest BCUT2D eigenvalue weighted by Crippen LogP contribution is -2.44. The molecule has 0 bridgehead atoms. The van der Waals surface area contributed by atoms with Gasteiger partial charge in [-0.3, -0.25) is 14.5 Å². The highest BCUT2D eigenvalue weighted by atomic mass is 35.5. The van der Waals surface area contributed by atoms with Crippen molar-refractivity contribution in [2.24, 2.45) is 0 Å². The summed E-state index contributed by atoms with van der Waals surface area (Å²) in [6.45, 7) is 15.1. The van der Waals surface area contributed by atoms with Gasteiger partial charge in [0, 0.05) is 22.5 Å². The lowest BCUT2D eigenvalue weighted by Gasteiger charge is -2.29. The lowest BCUT2D eigenvalue weighted by molar-refractivity contribution is -0.122. The number of hydrogen-bond donors (Lipinski definition) is 1. The molecule has 3 rings (SSSR count). The first-order valence-corrected chi connectivity index (χ1v) is 12.9. The Morgan fingerprint density at radius 3 is 2.45 bits per heavy atom. The van der Waals surface area contributed by atoms with Crippen LogP contribution >= 0.6 is 23.4 Å². The van der Waals surface area contributed by atoms with Gasteiger partial charge in [0.1, 0.15) is 12.4 Å². The van der Waals surface area contributed by atoms with Crippen LogP contribution in [0.3, 0.4) is 0 Å². The van der Waals surface area contributed by atoms with E-state index in [2.05, 4.69) is 46.9 Å². The highest BCUT2D eigenvalue weighted by molar-refractivity contribution is 8.00. The number of benzene rings is 1. The van der Waals surface area contributed by atoms with E-state index in [4.69, 9.17) is 16.7 Å². The molecule has 1 N–H and O–H groups in total. The van der Waals surface area contributed by atoms with Crippen LogP contribution in [0.25, 0.3) is 0 Å². The molecule has 0 spiro atoms. The smallest absolute Gasteiger partial charge is 0.240 e. The third-order valence-electron chi connectivity index (χ3n) is 5.50. The van der Waals surface area contributed by atoms with E-state index < -0.39 is 5.54 Å². The van der Waals surface area contributed by atoms with Gasteiger partial charge in [-0.15, -0.1) is 11.8 Å². The third kappa shape index (κ3) is 5.40. The number of nitrogens with one attached hydrogen (secondary N) is 1. The SMILES string of the molecule is CCCNC(=O)CN1C(=O)CS[C@@H](c2ccccc2Cl)c2c(C(C)(C)C)nn(C(C)(C)C)c21. The van der Waals surface area contributed by atoms with Gasteiger partial charge in [0.25, 0.3) is 0 Å². The van der Waals surface area contributed by atoms with Crippen LogP contribution in [0.4, 0.5) is 5.82 Å². The molecule has 2 heterocycles. The minimum Gasteiger partial charge on any atom is -0.355 e. The van der Waals surface area contributed by atoms with Crippen molar-refractivity contribution >= 4 is 41.0 Å². The molecule has 1 aliphatic rings. The van der Waals surface area contributed by atoms with Crippen LogP contribution in [0, 0.1) is 0 Å². The lowest BCUT2D eigenvalue weighted by atomic mass is 9.87. The molecule has 0 aliphatic carbocycles. The number of carbonyl (C=O) groups excluding carboxylic acids is 2. The Morgan fingerprint density at radius 2 is 1.88 bits per heavy atom. The number of hydrogen-bond acceptors (Lipinski definition) is 4. The number of thioether (sulfide) groups is 1. The Bertz CT molecular complexity index is 1040. The zero-order valence-electron chi connectivity index (χ0n) is 20.7. The number of carbonyl (C=O) groups is 2. The van der Waals surface area contributed by atoms with Crippen LogP contribution < -0.4 is 10.2 Å². The second-order valence-corrected chi connectivity index (χ2v) is 12.0. The fourth-order valence-electron chi connectivity index (χ4n) is 3.94. The molecule has 2 amide bonds. The fraction of sp³-hybridized carbons (Fsp3) is 0.560. The molecular weight excluding hydrogens is 456 g/mol. The van der Waals surface area contributed by atoms with Crippen molar-refractivity contribution in [2.45, 2.75) is 71.1 Å². The molecule has 180 valence electrons. The van der Waals surface area contributed by atoms with Crippen molar-refractivity contribution in [2.75, 3.05) is 23.7 Å². The van der Waals surface area contributed by atoms with E-state index in [0.717, 1.165) is 23.2 Å². The minimum absolute atomic E-state index is 0.0347. The molecule has 33 heavy (non-hydrogen) atoms. The monoisotopic (exact) mass is 490 g/mol. The van der Waals surface area contributed by atoms with Gasteiger partial charge in [-0.25, -0.2) is 4.68 Å². The summed E-state index contributed by atoms with van der Waals surface area (Å²) in [5, 5.41) is 8.46. The molecule has 1 aromatic carbocycles. The molecule has 0 saturated carbocycles. The van der Waals surface area contributed by atoms with Gasteiger partial charge in [-0.05, 0) is 38.8 Å². The molecule has 0 radical (unpaired) electrons. The number of nitrogens with zero attached hydrogens (tertiary/aromatic N) is 3. The van der Waals surface area contributed by atoms with Gasteiger partial charge < -0.3 is 5.32 Å². The molecule has 1 aliphatic heterocycles. The highest BCUT2D eigenvalue weighted by Crippen LogP contribution is 2.50. The second-order valence-electron chi connectivity index (χ2n) is 10.5. The molecule has 0 saturated heterocycles. The Kier molecular flexibility index (Phi) is 7.54. The molecule has 8 heteroatoms. The second kappa shape index (κ2) is 9.71. The zero-order valence-corrected chi connectivity index (χ0v) is 22.2. The standard InChI is InChI=1S/C25H35ClN4O2S/c1-8-13-27-18(31)14-29-19(32)15-33-21(16-11-9-10-12-17(16)26)20-22(24(2,3)4)28-30(23(20)29)25(5,6)7/h9-12,21H,8,13-15H2,1-7H3,(H,27,31)/t21-/m0/s1. The van der Waals surface area contributed by atoms with Crippen molar-refractivity contribution in [3.05, 3.63) is 46.1 Å². The van der Waals surface area contributed by atoms with Crippen LogP contribution in [0.15, 0.2) is 24.3 Å². The van der Waals surface area contributed by atoms with E-state index in [-0.39, 0.29) is 34.8 Å². The maximum Gasteiger partial charge on any atom is 0.240 e. The average molecular weight is 491 g/mol. The van der Waals surface area contributed by atoms with Crippen molar-refractivity contribution in [3.63, 3.8) is 0 Å². The van der Waals surface area contributed by atoms with Crippen LogP contribution in [0.5, 0.6) is 0 Å². The first kappa shape index (κ1) is 25.6. The molecule has 1 aromatic heterocycles. The van der Waals surface area contributed by atoms with Crippen LogP contribution in [0.2, 0.25) is 5.02 Å². The van der Waals surface area contributed by atoms with E-state index in [1.165, 1.54) is 0 Å². The van der Waals surface area contributed by atoms with Gasteiger partial charge in [0.15, 0.2) is 0 Å². The number of aromatic nitrogens is 2. The summed E-state index contributed by atoms with van der Waals surface area (Å²) >= 11 is 8.20. The summed E-state index contributed by atoms with van der Waals surface area (Å²) < 4.78 is 1.92. The predicted octanol–water partition coefficient (Wildman–Crippen LogP) is 5.28. The van der Waals surface area contributed by atoms with Gasteiger partial charge in [-0.1, -0.05) is 57.5 Å². The van der Waals surface area contributed by atoms with E-state index in [9.17, 15) is 9.59 Å². The summed E-state index contributed by atoms with van der Waals surface area (Å²) in [7, 11) is 0. The first-order valence-electron chi connectivity index (χ1n) is 11.4. The summed E-state index contributed by atoms with van der Waals surface area (Å²) in [6.07, 6.45) is 0.837. The number of halogens is 1. The first-order chi connectivity index (χ1) is 15.4. The Morgan fingerprint density at radius 1 is 1.21 bits per heavy atom. The summed E-state index contributed by atoms with van der Waals surface area (Å²) in [4.78, 5) is 27.8. The number of amides is 2. The number of anilines is 1. The Balaban J connectivity index is 2.31. The highest BCUT2D eigenvalue weighted by Gasteiger charge is 2.41. The zero-order chi connectivity index (χ0) is 24.6.